The molecule has 0 bridgehead atoms. The van der Waals surface area contributed by atoms with Crippen LogP contribution in [0.5, 0.6) is 0 Å². The molecule has 16 heavy (non-hydrogen) atoms. The molecule has 0 radical (unpaired) electrons. The first-order chi connectivity index (χ1) is 7.84. The number of nitrogen functional groups attached to an aromatic ring is 1. The van der Waals surface area contributed by atoms with Crippen LogP contribution in [0.15, 0.2) is 22.7 Å². The van der Waals surface area contributed by atoms with E-state index < -0.39 is 0 Å². The Morgan fingerprint density at radius 3 is 2.81 bits per heavy atom. The molecular formula is C13H16N2O. The van der Waals surface area contributed by atoms with Gasteiger partial charge in [-0.25, -0.2) is 0 Å². The van der Waals surface area contributed by atoms with Crippen LogP contribution >= 0.6 is 0 Å². The highest BCUT2D eigenvalue weighted by atomic mass is 16.5. The molecule has 2 aromatic rings. The van der Waals surface area contributed by atoms with Crippen LogP contribution in [0.2, 0.25) is 0 Å². The molecule has 0 amide bonds. The van der Waals surface area contributed by atoms with Gasteiger partial charge in [-0.2, -0.15) is 0 Å². The summed E-state index contributed by atoms with van der Waals surface area (Å²) in [6.07, 6.45) is 6.40. The molecule has 2 N–H and O–H groups in total. The highest BCUT2D eigenvalue weighted by molar-refractivity contribution is 5.84. The van der Waals surface area contributed by atoms with Crippen LogP contribution in [0.1, 0.15) is 43.8 Å². The molecule has 0 atom stereocenters. The average molecular weight is 216 g/mol. The summed E-state index contributed by atoms with van der Waals surface area (Å²) >= 11 is 0. The van der Waals surface area contributed by atoms with Gasteiger partial charge in [-0.05, 0) is 31.0 Å². The van der Waals surface area contributed by atoms with E-state index in [1.165, 1.54) is 32.1 Å². The molecule has 3 nitrogen and oxygen atoms in total. The predicted octanol–water partition coefficient (Wildman–Crippen LogP) is 3.46. The highest BCUT2D eigenvalue weighted by Gasteiger charge is 2.22. The fourth-order valence-corrected chi connectivity index (χ4v) is 2.64. The Bertz CT molecular complexity index is 498. The Morgan fingerprint density at radius 1 is 1.19 bits per heavy atom. The summed E-state index contributed by atoms with van der Waals surface area (Å²) in [7, 11) is 0. The zero-order valence-electron chi connectivity index (χ0n) is 9.28. The molecule has 1 aliphatic carbocycles. The van der Waals surface area contributed by atoms with Gasteiger partial charge < -0.3 is 10.3 Å². The fraction of sp³-hybridized carbons (Fsp3) is 0.462. The number of hydrogen-bond donors (Lipinski definition) is 1. The van der Waals surface area contributed by atoms with Crippen molar-refractivity contribution in [3.05, 3.63) is 24.0 Å². The van der Waals surface area contributed by atoms with E-state index in [1.807, 2.05) is 18.2 Å². The lowest BCUT2D eigenvalue weighted by Crippen LogP contribution is -2.03. The second-order valence-corrected chi connectivity index (χ2v) is 4.66. The van der Waals surface area contributed by atoms with Crippen molar-refractivity contribution in [2.75, 3.05) is 5.73 Å². The Hall–Kier alpha value is -1.51. The molecule has 1 heterocycles. The summed E-state index contributed by atoms with van der Waals surface area (Å²) in [5.41, 5.74) is 7.52. The number of aromatic nitrogens is 1. The van der Waals surface area contributed by atoms with Gasteiger partial charge in [-0.1, -0.05) is 24.4 Å². The van der Waals surface area contributed by atoms with E-state index in [0.29, 0.717) is 5.92 Å². The third-order valence-corrected chi connectivity index (χ3v) is 3.50. The lowest BCUT2D eigenvalue weighted by Gasteiger charge is -2.18. The van der Waals surface area contributed by atoms with Crippen LogP contribution in [0.4, 0.5) is 5.69 Å². The molecule has 1 aliphatic rings. The van der Waals surface area contributed by atoms with Gasteiger partial charge in [0.15, 0.2) is 0 Å². The number of nitrogens with two attached hydrogens (primary N) is 1. The molecule has 1 fully saturated rings. The molecule has 0 aliphatic heterocycles. The lowest BCUT2D eigenvalue weighted by atomic mass is 9.86. The standard InChI is InChI=1S/C13H16N2O/c14-10-6-7-12-11(8-10)13(16-15-12)9-4-2-1-3-5-9/h6-9H,1-5,14H2. The molecule has 84 valence electrons. The van der Waals surface area contributed by atoms with E-state index in [2.05, 4.69) is 5.16 Å². The van der Waals surface area contributed by atoms with Crippen molar-refractivity contribution in [1.29, 1.82) is 0 Å². The van der Waals surface area contributed by atoms with Crippen LogP contribution < -0.4 is 5.73 Å². The van der Waals surface area contributed by atoms with Crippen LogP contribution in [0, 0.1) is 0 Å². The van der Waals surface area contributed by atoms with Crippen molar-refractivity contribution < 1.29 is 4.52 Å². The molecule has 0 saturated heterocycles. The van der Waals surface area contributed by atoms with Crippen molar-refractivity contribution in [2.45, 2.75) is 38.0 Å². The van der Waals surface area contributed by atoms with Gasteiger partial charge >= 0.3 is 0 Å². The van der Waals surface area contributed by atoms with Gasteiger partial charge in [0, 0.05) is 17.0 Å². The molecule has 1 aromatic carbocycles. The van der Waals surface area contributed by atoms with Crippen molar-refractivity contribution in [3.8, 4) is 0 Å². The smallest absolute Gasteiger partial charge is 0.147 e. The van der Waals surface area contributed by atoms with E-state index in [1.54, 1.807) is 0 Å². The number of rotatable bonds is 1. The number of fused-ring (bicyclic) bond motifs is 1. The maximum atomic E-state index is 5.81. The quantitative estimate of drug-likeness (QED) is 0.743. The minimum atomic E-state index is 0.542. The molecule has 1 saturated carbocycles. The van der Waals surface area contributed by atoms with Gasteiger partial charge in [0.05, 0.1) is 0 Å². The highest BCUT2D eigenvalue weighted by Crippen LogP contribution is 2.36. The maximum absolute atomic E-state index is 5.81. The number of benzene rings is 1. The van der Waals surface area contributed by atoms with Gasteiger partial charge in [0.25, 0.3) is 0 Å². The second kappa shape index (κ2) is 3.81. The summed E-state index contributed by atoms with van der Waals surface area (Å²) in [6.45, 7) is 0. The second-order valence-electron chi connectivity index (χ2n) is 4.66. The van der Waals surface area contributed by atoms with E-state index in [0.717, 1.165) is 22.4 Å². The third-order valence-electron chi connectivity index (χ3n) is 3.50. The van der Waals surface area contributed by atoms with Gasteiger partial charge in [0.1, 0.15) is 11.3 Å². The van der Waals surface area contributed by atoms with Crippen LogP contribution in [-0.4, -0.2) is 5.16 Å². The first-order valence-corrected chi connectivity index (χ1v) is 5.99. The van der Waals surface area contributed by atoms with Crippen molar-refractivity contribution >= 4 is 16.6 Å². The topological polar surface area (TPSA) is 52.0 Å². The lowest BCUT2D eigenvalue weighted by molar-refractivity contribution is 0.326. The SMILES string of the molecule is Nc1ccc2noc(C3CCCCC3)c2c1. The van der Waals surface area contributed by atoms with Gasteiger partial charge in [-0.15, -0.1) is 0 Å². The summed E-state index contributed by atoms with van der Waals surface area (Å²) in [6, 6.07) is 5.78. The van der Waals surface area contributed by atoms with Crippen LogP contribution in [-0.2, 0) is 0 Å². The maximum Gasteiger partial charge on any atom is 0.147 e. The first kappa shape index (κ1) is 9.70. The Labute approximate surface area is 94.6 Å². The molecule has 3 rings (SSSR count). The molecular weight excluding hydrogens is 200 g/mol. The Kier molecular flexibility index (Phi) is 2.31. The Balaban J connectivity index is 2.05. The average Bonchev–Trinajstić information content (AvgIpc) is 2.73. The van der Waals surface area contributed by atoms with Crippen LogP contribution in [0.3, 0.4) is 0 Å². The van der Waals surface area contributed by atoms with Crippen molar-refractivity contribution in [2.24, 2.45) is 0 Å². The molecule has 0 unspecified atom stereocenters. The predicted molar refractivity (Wildman–Crippen MR) is 64.2 cm³/mol. The minimum Gasteiger partial charge on any atom is -0.399 e. The number of hydrogen-bond acceptors (Lipinski definition) is 3. The number of nitrogens with zero attached hydrogens (tertiary/aromatic N) is 1. The van der Waals surface area contributed by atoms with Crippen molar-refractivity contribution in [1.82, 2.24) is 5.16 Å². The minimum absolute atomic E-state index is 0.542. The summed E-state index contributed by atoms with van der Waals surface area (Å²) in [4.78, 5) is 0. The van der Waals surface area contributed by atoms with Gasteiger partial charge in [-0.3, -0.25) is 0 Å². The molecule has 1 aromatic heterocycles. The Morgan fingerprint density at radius 2 is 2.00 bits per heavy atom. The van der Waals surface area contributed by atoms with Gasteiger partial charge in [0.2, 0.25) is 0 Å². The largest absolute Gasteiger partial charge is 0.399 e. The fourth-order valence-electron chi connectivity index (χ4n) is 2.64. The van der Waals surface area contributed by atoms with E-state index >= 15 is 0 Å². The molecule has 0 spiro atoms. The monoisotopic (exact) mass is 216 g/mol. The zero-order chi connectivity index (χ0) is 11.0. The van der Waals surface area contributed by atoms with E-state index in [4.69, 9.17) is 10.3 Å². The zero-order valence-corrected chi connectivity index (χ0v) is 9.28. The van der Waals surface area contributed by atoms with E-state index in [-0.39, 0.29) is 0 Å². The van der Waals surface area contributed by atoms with E-state index in [9.17, 15) is 0 Å². The van der Waals surface area contributed by atoms with Crippen LogP contribution in [0.25, 0.3) is 10.9 Å². The normalized spacial score (nSPS) is 18.0. The first-order valence-electron chi connectivity index (χ1n) is 5.99. The summed E-state index contributed by atoms with van der Waals surface area (Å²) in [5, 5.41) is 5.21. The van der Waals surface area contributed by atoms with Crippen molar-refractivity contribution in [3.63, 3.8) is 0 Å². The summed E-state index contributed by atoms with van der Waals surface area (Å²) < 4.78 is 5.50. The third kappa shape index (κ3) is 1.56. The number of anilines is 1. The summed E-state index contributed by atoms with van der Waals surface area (Å²) in [5.74, 6) is 1.59. The molecule has 3 heteroatoms.